The van der Waals surface area contributed by atoms with E-state index in [-0.39, 0.29) is 12.2 Å². The van der Waals surface area contributed by atoms with Crippen molar-refractivity contribution in [2.45, 2.75) is 43.4 Å². The van der Waals surface area contributed by atoms with Crippen molar-refractivity contribution >= 4 is 48.3 Å². The highest BCUT2D eigenvalue weighted by Crippen LogP contribution is 2.00. The molecule has 3 amide bonds. The molecule has 0 aromatic rings. The summed E-state index contributed by atoms with van der Waals surface area (Å²) >= 11 is 3.75. The van der Waals surface area contributed by atoms with Gasteiger partial charge in [-0.2, -0.15) is 12.6 Å². The monoisotopic (exact) mass is 452 g/mol. The number of nitrogens with one attached hydrogen (secondary N) is 3. The molecule has 0 saturated carbocycles. The Hall–Kier alpha value is -2.91. The average molecular weight is 452 g/mol. The van der Waals surface area contributed by atoms with Crippen molar-refractivity contribution in [1.82, 2.24) is 16.0 Å². The van der Waals surface area contributed by atoms with Gasteiger partial charge in [0.25, 0.3) is 0 Å². The number of hydrogen-bond acceptors (Lipinski definition) is 9. The molecule has 0 saturated heterocycles. The van der Waals surface area contributed by atoms with E-state index in [1.807, 2.05) is 16.0 Å². The summed E-state index contributed by atoms with van der Waals surface area (Å²) in [5.41, 5.74) is 5.50. The Labute approximate surface area is 175 Å². The van der Waals surface area contributed by atoms with Crippen molar-refractivity contribution in [3.8, 4) is 0 Å². The minimum Gasteiger partial charge on any atom is -0.481 e. The number of carbonyl (C=O) groups is 6. The van der Waals surface area contributed by atoms with E-state index in [1.165, 1.54) is 0 Å². The highest BCUT2D eigenvalue weighted by atomic mass is 32.1. The maximum Gasteiger partial charge on any atom is 0.327 e. The third-order valence-electron chi connectivity index (χ3n) is 3.63. The van der Waals surface area contributed by atoms with Crippen LogP contribution in [-0.2, 0) is 28.8 Å². The summed E-state index contributed by atoms with van der Waals surface area (Å²) in [6.45, 7) is -0.956. The van der Waals surface area contributed by atoms with Crippen molar-refractivity contribution in [2.24, 2.45) is 5.73 Å². The molecule has 4 unspecified atom stereocenters. The highest BCUT2D eigenvalue weighted by Gasteiger charge is 2.31. The molecule has 30 heavy (non-hydrogen) atoms. The van der Waals surface area contributed by atoms with Crippen molar-refractivity contribution < 1.29 is 49.2 Å². The maximum atomic E-state index is 12.3. The van der Waals surface area contributed by atoms with Gasteiger partial charge in [0.2, 0.25) is 17.7 Å². The Morgan fingerprint density at radius 3 is 1.73 bits per heavy atom. The molecule has 9 N–H and O–H groups in total. The van der Waals surface area contributed by atoms with Crippen molar-refractivity contribution in [3.05, 3.63) is 0 Å². The van der Waals surface area contributed by atoms with Gasteiger partial charge in [0.05, 0.1) is 19.1 Å². The normalized spacial score (nSPS) is 14.5. The third kappa shape index (κ3) is 10.0. The maximum absolute atomic E-state index is 12.3. The number of rotatable bonds is 14. The Bertz CT molecular complexity index is 674. The minimum absolute atomic E-state index is 0.273. The van der Waals surface area contributed by atoms with Gasteiger partial charge in [0.1, 0.15) is 18.1 Å². The number of amides is 3. The zero-order valence-corrected chi connectivity index (χ0v) is 16.5. The number of carboxylic acids is 3. The van der Waals surface area contributed by atoms with Crippen LogP contribution in [0.2, 0.25) is 0 Å². The minimum atomic E-state index is -1.70. The Morgan fingerprint density at radius 2 is 1.30 bits per heavy atom. The van der Waals surface area contributed by atoms with Crippen LogP contribution in [0.15, 0.2) is 0 Å². The van der Waals surface area contributed by atoms with E-state index in [1.54, 1.807) is 0 Å². The van der Waals surface area contributed by atoms with Crippen LogP contribution in [0.3, 0.4) is 0 Å². The second-order valence-corrected chi connectivity index (χ2v) is 6.39. The summed E-state index contributed by atoms with van der Waals surface area (Å²) in [7, 11) is 0. The van der Waals surface area contributed by atoms with Crippen LogP contribution in [0, 0.1) is 0 Å². The molecule has 0 aromatic heterocycles. The molecular weight excluding hydrogens is 428 g/mol. The predicted octanol–water partition coefficient (Wildman–Crippen LogP) is -3.89. The molecule has 0 rings (SSSR count). The molecule has 0 bridgehead atoms. The van der Waals surface area contributed by atoms with Crippen LogP contribution in [-0.4, -0.2) is 92.6 Å². The smallest absolute Gasteiger partial charge is 0.327 e. The van der Waals surface area contributed by atoms with Gasteiger partial charge in [0.15, 0.2) is 0 Å². The number of aliphatic hydroxyl groups excluding tert-OH is 1. The number of carboxylic acid groups (broad SMARTS) is 3. The zero-order valence-electron chi connectivity index (χ0n) is 15.6. The number of nitrogens with two attached hydrogens (primary N) is 1. The Balaban J connectivity index is 5.16. The first kappa shape index (κ1) is 27.1. The van der Waals surface area contributed by atoms with Gasteiger partial charge in [-0.15, -0.1) is 0 Å². The van der Waals surface area contributed by atoms with Gasteiger partial charge >= 0.3 is 17.9 Å². The average Bonchev–Trinajstić information content (AvgIpc) is 2.66. The fourth-order valence-electron chi connectivity index (χ4n) is 2.00. The standard InChI is InChI=1S/C15H24N4O10S/c16-6(1-2-10(21)22)12(25)17-7(3-11(23)24)13(26)18-8(4-20)14(27)19-9(5-30)15(28)29/h6-9,20,30H,1-5,16H2,(H,17,25)(H,18,26)(H,19,27)(H,21,22)(H,23,24)(H,28,29). The van der Waals surface area contributed by atoms with Gasteiger partial charge in [-0.1, -0.05) is 0 Å². The first-order valence-corrected chi connectivity index (χ1v) is 9.10. The Kier molecular flexibility index (Phi) is 12.0. The van der Waals surface area contributed by atoms with E-state index in [4.69, 9.17) is 21.1 Å². The highest BCUT2D eigenvalue weighted by molar-refractivity contribution is 7.80. The summed E-state index contributed by atoms with van der Waals surface area (Å²) in [4.78, 5) is 68.8. The van der Waals surface area contributed by atoms with Gasteiger partial charge in [-0.05, 0) is 6.42 Å². The first-order valence-electron chi connectivity index (χ1n) is 8.47. The van der Waals surface area contributed by atoms with E-state index in [0.717, 1.165) is 0 Å². The van der Waals surface area contributed by atoms with E-state index in [0.29, 0.717) is 0 Å². The summed E-state index contributed by atoms with van der Waals surface area (Å²) in [5, 5.41) is 41.8. The molecule has 0 aliphatic rings. The van der Waals surface area contributed by atoms with Gasteiger partial charge in [-0.25, -0.2) is 4.79 Å². The number of aliphatic carboxylic acids is 3. The molecule has 0 aliphatic carbocycles. The van der Waals surface area contributed by atoms with E-state index >= 15 is 0 Å². The lowest BCUT2D eigenvalue weighted by molar-refractivity contribution is -0.143. The van der Waals surface area contributed by atoms with Gasteiger partial charge < -0.3 is 42.1 Å². The first-order chi connectivity index (χ1) is 13.9. The summed E-state index contributed by atoms with van der Waals surface area (Å²) in [6.07, 6.45) is -1.62. The molecule has 14 nitrogen and oxygen atoms in total. The summed E-state index contributed by atoms with van der Waals surface area (Å²) < 4.78 is 0. The number of aliphatic hydroxyl groups is 1. The van der Waals surface area contributed by atoms with E-state index in [9.17, 15) is 33.9 Å². The Morgan fingerprint density at radius 1 is 0.800 bits per heavy atom. The van der Waals surface area contributed by atoms with Crippen LogP contribution in [0.25, 0.3) is 0 Å². The van der Waals surface area contributed by atoms with Crippen LogP contribution in [0.4, 0.5) is 0 Å². The second-order valence-electron chi connectivity index (χ2n) is 6.02. The fraction of sp³-hybridized carbons (Fsp3) is 0.600. The van der Waals surface area contributed by atoms with E-state index < -0.39 is 79.2 Å². The predicted molar refractivity (Wildman–Crippen MR) is 101 cm³/mol. The molecule has 0 fully saturated rings. The quantitative estimate of drug-likeness (QED) is 0.115. The van der Waals surface area contributed by atoms with Crippen LogP contribution < -0.4 is 21.7 Å². The van der Waals surface area contributed by atoms with Crippen LogP contribution in [0.5, 0.6) is 0 Å². The summed E-state index contributed by atoms with van der Waals surface area (Å²) in [6, 6.07) is -6.09. The molecular formula is C15H24N4O10S. The molecule has 170 valence electrons. The topological polar surface area (TPSA) is 245 Å². The molecule has 0 heterocycles. The lowest BCUT2D eigenvalue weighted by Crippen LogP contribution is -2.58. The number of hydrogen-bond donors (Lipinski definition) is 9. The third-order valence-corrected chi connectivity index (χ3v) is 4.00. The zero-order chi connectivity index (χ0) is 23.4. The lowest BCUT2D eigenvalue weighted by atomic mass is 10.1. The van der Waals surface area contributed by atoms with Gasteiger partial charge in [0, 0.05) is 12.2 Å². The largest absolute Gasteiger partial charge is 0.481 e. The van der Waals surface area contributed by atoms with Crippen molar-refractivity contribution in [2.75, 3.05) is 12.4 Å². The molecule has 0 radical (unpaired) electrons. The molecule has 0 spiro atoms. The van der Waals surface area contributed by atoms with E-state index in [2.05, 4.69) is 12.6 Å². The molecule has 0 aromatic carbocycles. The lowest BCUT2D eigenvalue weighted by Gasteiger charge is -2.23. The van der Waals surface area contributed by atoms with Crippen molar-refractivity contribution in [3.63, 3.8) is 0 Å². The molecule has 4 atom stereocenters. The molecule has 0 aliphatic heterocycles. The van der Waals surface area contributed by atoms with Crippen molar-refractivity contribution in [1.29, 1.82) is 0 Å². The van der Waals surface area contributed by atoms with Gasteiger partial charge in [-0.3, -0.25) is 24.0 Å². The second kappa shape index (κ2) is 13.3. The molecule has 15 heteroatoms. The SMILES string of the molecule is NC(CCC(=O)O)C(=O)NC(CC(=O)O)C(=O)NC(CO)C(=O)NC(CS)C(=O)O. The fourth-order valence-corrected chi connectivity index (χ4v) is 2.24. The summed E-state index contributed by atoms with van der Waals surface area (Å²) in [5.74, 6) is -7.62. The van der Waals surface area contributed by atoms with Crippen LogP contribution in [0.1, 0.15) is 19.3 Å². The number of thiol groups is 1. The van der Waals surface area contributed by atoms with Crippen LogP contribution >= 0.6 is 12.6 Å². The number of carbonyl (C=O) groups excluding carboxylic acids is 3.